The maximum absolute atomic E-state index is 10.6. The monoisotopic (exact) mass is 195 g/mol. The van der Waals surface area contributed by atoms with E-state index in [0.717, 1.165) is 5.69 Å². The van der Waals surface area contributed by atoms with Gasteiger partial charge in [0.25, 0.3) is 0 Å². The van der Waals surface area contributed by atoms with Crippen LogP contribution in [0, 0.1) is 4.64 Å². The van der Waals surface area contributed by atoms with Gasteiger partial charge in [-0.25, -0.2) is 4.79 Å². The van der Waals surface area contributed by atoms with E-state index in [-0.39, 0.29) is 5.56 Å². The fourth-order valence-corrected chi connectivity index (χ4v) is 1.56. The highest BCUT2D eigenvalue weighted by Gasteiger charge is 2.24. The second kappa shape index (κ2) is 2.96. The highest BCUT2D eigenvalue weighted by Crippen LogP contribution is 2.38. The van der Waals surface area contributed by atoms with Gasteiger partial charge in [0.15, 0.2) is 0 Å². The van der Waals surface area contributed by atoms with E-state index in [1.807, 2.05) is 6.07 Å². The Morgan fingerprint density at radius 1 is 1.54 bits per heavy atom. The molecule has 3 nitrogen and oxygen atoms in total. The van der Waals surface area contributed by atoms with Crippen LogP contribution in [0.2, 0.25) is 0 Å². The molecule has 0 atom stereocenters. The van der Waals surface area contributed by atoms with Crippen molar-refractivity contribution in [1.82, 2.24) is 4.98 Å². The SMILES string of the molecule is O=C(O)c1ccc(C2CC2)[nH]c1=S. The molecule has 1 aliphatic rings. The average Bonchev–Trinajstić information content (AvgIpc) is 2.85. The van der Waals surface area contributed by atoms with Gasteiger partial charge in [0.1, 0.15) is 4.64 Å². The molecule has 1 aromatic heterocycles. The Balaban J connectivity index is 2.42. The first-order valence-electron chi connectivity index (χ1n) is 4.15. The molecule has 0 unspecified atom stereocenters. The summed E-state index contributed by atoms with van der Waals surface area (Å²) in [4.78, 5) is 13.6. The summed E-state index contributed by atoms with van der Waals surface area (Å²) in [6, 6.07) is 3.39. The fraction of sp³-hybridized carbons (Fsp3) is 0.333. The number of nitrogens with one attached hydrogen (secondary N) is 1. The lowest BCUT2D eigenvalue weighted by atomic mass is 10.2. The molecule has 1 saturated carbocycles. The first-order valence-corrected chi connectivity index (χ1v) is 4.56. The van der Waals surface area contributed by atoms with Crippen molar-refractivity contribution >= 4 is 18.2 Å². The third-order valence-corrected chi connectivity index (χ3v) is 2.50. The van der Waals surface area contributed by atoms with Crippen LogP contribution in [-0.2, 0) is 0 Å². The molecule has 0 spiro atoms. The van der Waals surface area contributed by atoms with Crippen molar-refractivity contribution in [3.8, 4) is 0 Å². The second-order valence-corrected chi connectivity index (χ2v) is 3.64. The van der Waals surface area contributed by atoms with Crippen LogP contribution in [0.3, 0.4) is 0 Å². The van der Waals surface area contributed by atoms with E-state index in [1.165, 1.54) is 12.8 Å². The lowest BCUT2D eigenvalue weighted by Gasteiger charge is -1.99. The summed E-state index contributed by atoms with van der Waals surface area (Å²) in [5.74, 6) is -0.395. The molecular weight excluding hydrogens is 186 g/mol. The number of H-pyrrole nitrogens is 1. The van der Waals surface area contributed by atoms with Gasteiger partial charge in [-0.3, -0.25) is 0 Å². The molecular formula is C9H9NO2S. The number of rotatable bonds is 2. The van der Waals surface area contributed by atoms with Gasteiger partial charge in [-0.15, -0.1) is 0 Å². The predicted octanol–water partition coefficient (Wildman–Crippen LogP) is 2.32. The predicted molar refractivity (Wildman–Crippen MR) is 50.6 cm³/mol. The summed E-state index contributed by atoms with van der Waals surface area (Å²) in [5.41, 5.74) is 1.24. The maximum Gasteiger partial charge on any atom is 0.338 e. The van der Waals surface area contributed by atoms with Crippen LogP contribution in [-0.4, -0.2) is 16.1 Å². The largest absolute Gasteiger partial charge is 0.478 e. The van der Waals surface area contributed by atoms with Gasteiger partial charge < -0.3 is 10.1 Å². The standard InChI is InChI=1S/C9H9NO2S/c11-9(12)6-3-4-7(5-1-2-5)10-8(6)13/h3-5H,1-2H2,(H,10,13)(H,11,12). The first-order chi connectivity index (χ1) is 6.18. The van der Waals surface area contributed by atoms with Gasteiger partial charge in [-0.05, 0) is 30.9 Å². The molecule has 4 heteroatoms. The normalized spacial score (nSPS) is 15.7. The Morgan fingerprint density at radius 2 is 2.23 bits per heavy atom. The molecule has 1 aliphatic carbocycles. The maximum atomic E-state index is 10.6. The van der Waals surface area contributed by atoms with Crippen LogP contribution in [0.5, 0.6) is 0 Å². The molecule has 68 valence electrons. The Morgan fingerprint density at radius 3 is 2.69 bits per heavy atom. The van der Waals surface area contributed by atoms with Crippen LogP contribution in [0.1, 0.15) is 34.8 Å². The molecule has 0 bridgehead atoms. The van der Waals surface area contributed by atoms with Crippen molar-refractivity contribution in [2.75, 3.05) is 0 Å². The minimum atomic E-state index is -0.969. The number of aromatic nitrogens is 1. The fourth-order valence-electron chi connectivity index (χ4n) is 1.29. The molecule has 0 amide bonds. The Hall–Kier alpha value is -1.16. The zero-order chi connectivity index (χ0) is 9.42. The number of hydrogen-bond acceptors (Lipinski definition) is 2. The summed E-state index contributed by atoms with van der Waals surface area (Å²) >= 11 is 4.93. The summed E-state index contributed by atoms with van der Waals surface area (Å²) in [6.07, 6.45) is 2.36. The third-order valence-electron chi connectivity index (χ3n) is 2.18. The van der Waals surface area contributed by atoms with Crippen LogP contribution < -0.4 is 0 Å². The first kappa shape index (κ1) is 8.44. The van der Waals surface area contributed by atoms with Gasteiger partial charge in [0.05, 0.1) is 5.56 Å². The van der Waals surface area contributed by atoms with E-state index in [4.69, 9.17) is 17.3 Å². The van der Waals surface area contributed by atoms with E-state index in [9.17, 15) is 4.79 Å². The molecule has 2 N–H and O–H groups in total. The number of carboxylic acid groups (broad SMARTS) is 1. The van der Waals surface area contributed by atoms with Crippen LogP contribution >= 0.6 is 12.2 Å². The zero-order valence-electron chi connectivity index (χ0n) is 6.91. The quantitative estimate of drug-likeness (QED) is 0.712. The highest BCUT2D eigenvalue weighted by atomic mass is 32.1. The molecule has 13 heavy (non-hydrogen) atoms. The summed E-state index contributed by atoms with van der Waals surface area (Å²) in [6.45, 7) is 0. The zero-order valence-corrected chi connectivity index (χ0v) is 7.73. The number of carboxylic acids is 1. The molecule has 0 saturated heterocycles. The van der Waals surface area contributed by atoms with Crippen molar-refractivity contribution in [2.24, 2.45) is 0 Å². The van der Waals surface area contributed by atoms with Crippen molar-refractivity contribution in [1.29, 1.82) is 0 Å². The Kier molecular flexibility index (Phi) is 1.92. The van der Waals surface area contributed by atoms with Gasteiger partial charge in [-0.2, -0.15) is 0 Å². The van der Waals surface area contributed by atoms with Crippen LogP contribution in [0.15, 0.2) is 12.1 Å². The smallest absolute Gasteiger partial charge is 0.338 e. The van der Waals surface area contributed by atoms with Crippen LogP contribution in [0.25, 0.3) is 0 Å². The van der Waals surface area contributed by atoms with E-state index in [2.05, 4.69) is 4.98 Å². The van der Waals surface area contributed by atoms with Crippen molar-refractivity contribution in [2.45, 2.75) is 18.8 Å². The highest BCUT2D eigenvalue weighted by molar-refractivity contribution is 7.71. The van der Waals surface area contributed by atoms with E-state index >= 15 is 0 Å². The molecule has 1 heterocycles. The van der Waals surface area contributed by atoms with Crippen LogP contribution in [0.4, 0.5) is 0 Å². The molecule has 0 aromatic carbocycles. The molecule has 2 rings (SSSR count). The third kappa shape index (κ3) is 1.62. The van der Waals surface area contributed by atoms with Gasteiger partial charge in [0, 0.05) is 5.69 Å². The van der Waals surface area contributed by atoms with Crippen molar-refractivity contribution < 1.29 is 9.90 Å². The number of carbonyl (C=O) groups is 1. The lowest BCUT2D eigenvalue weighted by molar-refractivity contribution is 0.0696. The topological polar surface area (TPSA) is 53.1 Å². The number of hydrogen-bond donors (Lipinski definition) is 2. The number of aromatic amines is 1. The summed E-state index contributed by atoms with van der Waals surface area (Å²) in [5, 5.41) is 8.72. The summed E-state index contributed by atoms with van der Waals surface area (Å²) in [7, 11) is 0. The number of pyridine rings is 1. The number of aromatic carboxylic acids is 1. The minimum absolute atomic E-state index is 0.180. The van der Waals surface area contributed by atoms with Gasteiger partial charge >= 0.3 is 5.97 Å². The van der Waals surface area contributed by atoms with Gasteiger partial charge in [0.2, 0.25) is 0 Å². The molecule has 0 aliphatic heterocycles. The molecule has 0 radical (unpaired) electrons. The van der Waals surface area contributed by atoms with E-state index < -0.39 is 5.97 Å². The lowest BCUT2D eigenvalue weighted by Crippen LogP contribution is -2.00. The average molecular weight is 195 g/mol. The van der Waals surface area contributed by atoms with E-state index in [1.54, 1.807) is 6.07 Å². The Labute approximate surface area is 80.4 Å². The minimum Gasteiger partial charge on any atom is -0.478 e. The molecule has 1 fully saturated rings. The molecule has 1 aromatic rings. The van der Waals surface area contributed by atoms with Crippen molar-refractivity contribution in [3.05, 3.63) is 28.0 Å². The summed E-state index contributed by atoms with van der Waals surface area (Å²) < 4.78 is 0.330. The van der Waals surface area contributed by atoms with E-state index in [0.29, 0.717) is 10.6 Å². The van der Waals surface area contributed by atoms with Gasteiger partial charge in [-0.1, -0.05) is 12.2 Å². The van der Waals surface area contributed by atoms with Crippen molar-refractivity contribution in [3.63, 3.8) is 0 Å². The Bertz CT molecular complexity index is 406. The second-order valence-electron chi connectivity index (χ2n) is 3.24.